The Labute approximate surface area is 144 Å². The molecule has 1 atom stereocenters. The Balaban J connectivity index is 2.06. The molecule has 0 saturated carbocycles. The Morgan fingerprint density at radius 3 is 2.75 bits per heavy atom. The molecular weight excluding hydrogens is 328 g/mol. The van der Waals surface area contributed by atoms with E-state index < -0.39 is 5.41 Å². The van der Waals surface area contributed by atoms with E-state index in [2.05, 4.69) is 10.4 Å². The first-order valence-electron chi connectivity index (χ1n) is 7.83. The molecule has 7 heteroatoms. The van der Waals surface area contributed by atoms with Gasteiger partial charge in [-0.05, 0) is 25.5 Å². The van der Waals surface area contributed by atoms with Gasteiger partial charge >= 0.3 is 0 Å². The van der Waals surface area contributed by atoms with Crippen LogP contribution < -0.4 is 10.2 Å². The number of aromatic nitrogens is 2. The van der Waals surface area contributed by atoms with Crippen molar-refractivity contribution in [3.8, 4) is 0 Å². The van der Waals surface area contributed by atoms with Gasteiger partial charge in [-0.3, -0.25) is 9.59 Å². The van der Waals surface area contributed by atoms with Gasteiger partial charge in [0.05, 0.1) is 16.9 Å². The highest BCUT2D eigenvalue weighted by atomic mass is 35.5. The molecule has 6 nitrogen and oxygen atoms in total. The summed E-state index contributed by atoms with van der Waals surface area (Å²) in [6, 6.07) is 5.51. The molecule has 1 aromatic carbocycles. The normalized spacial score (nSPS) is 22.1. The van der Waals surface area contributed by atoms with Gasteiger partial charge in [0.1, 0.15) is 11.2 Å². The molecule has 0 aliphatic carbocycles. The summed E-state index contributed by atoms with van der Waals surface area (Å²) in [6.07, 6.45) is 1.75. The molecule has 124 valence electrons. The highest BCUT2D eigenvalue weighted by molar-refractivity contribution is 6.35. The SMILES string of the molecule is CC(C)n1ncc2c1NC(=O)C[C@@]21C(=O)N(C)c2c(Cl)cccc21. The second-order valence-electron chi connectivity index (χ2n) is 6.58. The summed E-state index contributed by atoms with van der Waals surface area (Å²) >= 11 is 6.34. The molecule has 2 aliphatic rings. The molecule has 1 aromatic heterocycles. The number of halogens is 1. The van der Waals surface area contributed by atoms with Crippen LogP contribution in [0.15, 0.2) is 24.4 Å². The van der Waals surface area contributed by atoms with Crippen LogP contribution in [0, 0.1) is 0 Å². The van der Waals surface area contributed by atoms with Crippen LogP contribution in [0.25, 0.3) is 0 Å². The van der Waals surface area contributed by atoms with Crippen LogP contribution in [0.4, 0.5) is 11.5 Å². The number of carbonyl (C=O) groups is 2. The fourth-order valence-corrected chi connectivity index (χ4v) is 4.14. The van der Waals surface area contributed by atoms with Gasteiger partial charge in [0, 0.05) is 25.1 Å². The van der Waals surface area contributed by atoms with E-state index in [-0.39, 0.29) is 24.3 Å². The minimum absolute atomic E-state index is 0.0559. The molecule has 4 rings (SSSR count). The number of fused-ring (bicyclic) bond motifs is 4. The molecule has 24 heavy (non-hydrogen) atoms. The summed E-state index contributed by atoms with van der Waals surface area (Å²) in [7, 11) is 1.70. The lowest BCUT2D eigenvalue weighted by molar-refractivity contribution is -0.126. The number of hydrogen-bond donors (Lipinski definition) is 1. The zero-order valence-corrected chi connectivity index (χ0v) is 14.4. The average Bonchev–Trinajstić information content (AvgIpc) is 3.03. The standard InChI is InChI=1S/C17H17ClN4O2/c1-9(2)22-15-11(8-19-22)17(7-13(23)20-15)10-5-4-6-12(18)14(10)21(3)16(17)24/h4-6,8-9H,7H2,1-3H3,(H,20,23)/t17-/m0/s1. The van der Waals surface area contributed by atoms with E-state index in [4.69, 9.17) is 11.6 Å². The number of para-hydroxylation sites is 1. The molecule has 0 bridgehead atoms. The minimum atomic E-state index is -1.06. The van der Waals surface area contributed by atoms with Gasteiger partial charge in [-0.25, -0.2) is 4.68 Å². The van der Waals surface area contributed by atoms with Crippen molar-refractivity contribution in [2.45, 2.75) is 31.7 Å². The average molecular weight is 345 g/mol. The highest BCUT2D eigenvalue weighted by Gasteiger charge is 2.56. The van der Waals surface area contributed by atoms with Gasteiger partial charge in [-0.15, -0.1) is 0 Å². The predicted octanol–water partition coefficient (Wildman–Crippen LogP) is 2.72. The molecule has 0 unspecified atom stereocenters. The number of carbonyl (C=O) groups excluding carboxylic acids is 2. The second-order valence-corrected chi connectivity index (χ2v) is 6.98. The Morgan fingerprint density at radius 2 is 2.04 bits per heavy atom. The van der Waals surface area contributed by atoms with Crippen molar-refractivity contribution in [3.05, 3.63) is 40.5 Å². The smallest absolute Gasteiger partial charge is 0.242 e. The lowest BCUT2D eigenvalue weighted by Gasteiger charge is -2.32. The van der Waals surface area contributed by atoms with E-state index in [9.17, 15) is 9.59 Å². The Morgan fingerprint density at radius 1 is 1.29 bits per heavy atom. The van der Waals surface area contributed by atoms with Crippen molar-refractivity contribution >= 4 is 34.9 Å². The number of nitrogens with one attached hydrogen (secondary N) is 1. The first-order chi connectivity index (χ1) is 11.4. The third-order valence-electron chi connectivity index (χ3n) is 4.88. The van der Waals surface area contributed by atoms with Gasteiger partial charge in [-0.2, -0.15) is 5.10 Å². The van der Waals surface area contributed by atoms with Crippen LogP contribution in [0.3, 0.4) is 0 Å². The molecule has 2 amide bonds. The largest absolute Gasteiger partial charge is 0.313 e. The minimum Gasteiger partial charge on any atom is -0.313 e. The number of anilines is 2. The van der Waals surface area contributed by atoms with Crippen molar-refractivity contribution in [2.24, 2.45) is 0 Å². The van der Waals surface area contributed by atoms with E-state index >= 15 is 0 Å². The summed E-state index contributed by atoms with van der Waals surface area (Å²) in [5.74, 6) is 0.250. The number of nitrogens with zero attached hydrogens (tertiary/aromatic N) is 3. The fraction of sp³-hybridized carbons (Fsp3) is 0.353. The van der Waals surface area contributed by atoms with Gasteiger partial charge in [0.15, 0.2) is 0 Å². The lowest BCUT2D eigenvalue weighted by atomic mass is 9.72. The maximum atomic E-state index is 13.2. The summed E-state index contributed by atoms with van der Waals surface area (Å²) in [6.45, 7) is 3.96. The van der Waals surface area contributed by atoms with Crippen LogP contribution in [0.5, 0.6) is 0 Å². The summed E-state index contributed by atoms with van der Waals surface area (Å²) in [4.78, 5) is 27.2. The van der Waals surface area contributed by atoms with E-state index in [1.165, 1.54) is 0 Å². The van der Waals surface area contributed by atoms with Crippen LogP contribution in [-0.2, 0) is 15.0 Å². The highest BCUT2D eigenvalue weighted by Crippen LogP contribution is 2.53. The van der Waals surface area contributed by atoms with Crippen molar-refractivity contribution in [1.29, 1.82) is 0 Å². The maximum absolute atomic E-state index is 13.2. The third-order valence-corrected chi connectivity index (χ3v) is 5.18. The van der Waals surface area contributed by atoms with Crippen molar-refractivity contribution in [2.75, 3.05) is 17.3 Å². The molecule has 1 spiro atoms. The molecule has 1 N–H and O–H groups in total. The summed E-state index contributed by atoms with van der Waals surface area (Å²) in [5, 5.41) is 7.79. The first-order valence-corrected chi connectivity index (χ1v) is 8.20. The van der Waals surface area contributed by atoms with Gasteiger partial charge in [0.25, 0.3) is 0 Å². The lowest BCUT2D eigenvalue weighted by Crippen LogP contribution is -2.45. The van der Waals surface area contributed by atoms with Gasteiger partial charge in [-0.1, -0.05) is 23.7 Å². The molecule has 2 aromatic rings. The molecule has 3 heterocycles. The van der Waals surface area contributed by atoms with E-state index in [1.54, 1.807) is 28.9 Å². The topological polar surface area (TPSA) is 67.2 Å². The van der Waals surface area contributed by atoms with Crippen LogP contribution >= 0.6 is 11.6 Å². The number of amides is 2. The molecular formula is C17H17ClN4O2. The monoisotopic (exact) mass is 344 g/mol. The number of benzene rings is 1. The zero-order valence-electron chi connectivity index (χ0n) is 13.6. The quantitative estimate of drug-likeness (QED) is 0.865. The molecule has 0 fully saturated rings. The summed E-state index contributed by atoms with van der Waals surface area (Å²) < 4.78 is 1.74. The van der Waals surface area contributed by atoms with E-state index in [1.807, 2.05) is 26.0 Å². The molecule has 0 saturated heterocycles. The Kier molecular flexibility index (Phi) is 3.06. The predicted molar refractivity (Wildman–Crippen MR) is 91.5 cm³/mol. The Bertz CT molecular complexity index is 889. The van der Waals surface area contributed by atoms with Crippen LogP contribution in [0.1, 0.15) is 37.4 Å². The van der Waals surface area contributed by atoms with Gasteiger partial charge in [0.2, 0.25) is 11.8 Å². The van der Waals surface area contributed by atoms with Crippen LogP contribution in [-0.4, -0.2) is 28.6 Å². The van der Waals surface area contributed by atoms with Crippen molar-refractivity contribution < 1.29 is 9.59 Å². The van der Waals surface area contributed by atoms with E-state index in [0.29, 0.717) is 16.5 Å². The number of rotatable bonds is 1. The molecule has 0 radical (unpaired) electrons. The fourth-order valence-electron chi connectivity index (χ4n) is 3.84. The maximum Gasteiger partial charge on any atom is 0.242 e. The van der Waals surface area contributed by atoms with Crippen molar-refractivity contribution in [1.82, 2.24) is 9.78 Å². The Hall–Kier alpha value is -2.34. The van der Waals surface area contributed by atoms with Gasteiger partial charge < -0.3 is 10.2 Å². The van der Waals surface area contributed by atoms with Crippen molar-refractivity contribution in [3.63, 3.8) is 0 Å². The summed E-state index contributed by atoms with van der Waals surface area (Å²) in [5.41, 5.74) is 1.11. The first kappa shape index (κ1) is 15.2. The zero-order chi connectivity index (χ0) is 17.2. The molecule has 2 aliphatic heterocycles. The third kappa shape index (κ3) is 1.69. The number of hydrogen-bond acceptors (Lipinski definition) is 3. The van der Waals surface area contributed by atoms with Crippen LogP contribution in [0.2, 0.25) is 5.02 Å². The second kappa shape index (κ2) is 4.83. The number of likely N-dealkylation sites (N-methyl/N-ethyl adjacent to an activating group) is 1. The van der Waals surface area contributed by atoms with E-state index in [0.717, 1.165) is 11.1 Å².